The van der Waals surface area contributed by atoms with Crippen molar-refractivity contribution >= 4 is 23.1 Å². The second-order valence-corrected chi connectivity index (χ2v) is 4.97. The molecular formula is C18H16N2O3. The Morgan fingerprint density at radius 2 is 1.91 bits per heavy atom. The van der Waals surface area contributed by atoms with Gasteiger partial charge in [0.15, 0.2) is 0 Å². The lowest BCUT2D eigenvalue weighted by Crippen LogP contribution is -2.10. The molecule has 0 spiro atoms. The van der Waals surface area contributed by atoms with E-state index in [1.54, 1.807) is 7.11 Å². The van der Waals surface area contributed by atoms with Gasteiger partial charge in [0.1, 0.15) is 12.3 Å². The van der Waals surface area contributed by atoms with Crippen molar-refractivity contribution in [2.24, 2.45) is 5.16 Å². The van der Waals surface area contributed by atoms with Crippen LogP contribution in [0.1, 0.15) is 5.56 Å². The minimum absolute atomic E-state index is 0.119. The maximum absolute atomic E-state index is 11.9. The van der Waals surface area contributed by atoms with E-state index in [0.29, 0.717) is 0 Å². The summed E-state index contributed by atoms with van der Waals surface area (Å²) in [6.07, 6.45) is 3.35. The summed E-state index contributed by atoms with van der Waals surface area (Å²) in [6, 6.07) is 17.1. The van der Waals surface area contributed by atoms with Crippen LogP contribution in [0.25, 0.3) is 10.9 Å². The van der Waals surface area contributed by atoms with Crippen molar-refractivity contribution in [3.05, 3.63) is 66.4 Å². The van der Waals surface area contributed by atoms with Gasteiger partial charge in [-0.25, -0.2) is 4.79 Å². The molecule has 0 aliphatic heterocycles. The van der Waals surface area contributed by atoms with Crippen molar-refractivity contribution in [1.82, 2.24) is 4.57 Å². The van der Waals surface area contributed by atoms with Gasteiger partial charge >= 0.3 is 5.97 Å². The zero-order valence-corrected chi connectivity index (χ0v) is 12.7. The number of oxime groups is 1. The molecule has 5 heteroatoms. The van der Waals surface area contributed by atoms with Gasteiger partial charge in [0.25, 0.3) is 0 Å². The third-order valence-corrected chi connectivity index (χ3v) is 3.45. The molecule has 0 saturated carbocycles. The molecule has 0 atom stereocenters. The van der Waals surface area contributed by atoms with E-state index in [4.69, 9.17) is 9.57 Å². The number of fused-ring (bicyclic) bond motifs is 1. The Hall–Kier alpha value is -3.08. The first kappa shape index (κ1) is 14.8. The topological polar surface area (TPSA) is 52.8 Å². The number of hydrogen-bond acceptors (Lipinski definition) is 4. The van der Waals surface area contributed by atoms with E-state index < -0.39 is 5.97 Å². The maximum atomic E-state index is 11.9. The number of ether oxygens (including phenoxy) is 1. The summed E-state index contributed by atoms with van der Waals surface area (Å²) in [5.74, 6) is 0.342. The Kier molecular flexibility index (Phi) is 4.38. The van der Waals surface area contributed by atoms with Gasteiger partial charge in [-0.15, -0.1) is 0 Å². The van der Waals surface area contributed by atoms with Gasteiger partial charge < -0.3 is 14.1 Å². The Labute approximate surface area is 133 Å². The van der Waals surface area contributed by atoms with Crippen molar-refractivity contribution in [2.45, 2.75) is 6.54 Å². The molecule has 0 N–H and O–H groups in total. The molecular weight excluding hydrogens is 292 g/mol. The normalized spacial score (nSPS) is 11.0. The molecule has 0 saturated heterocycles. The number of hydrogen-bond donors (Lipinski definition) is 0. The third kappa shape index (κ3) is 3.58. The molecule has 0 aliphatic carbocycles. The lowest BCUT2D eigenvalue weighted by atomic mass is 10.2. The zero-order chi connectivity index (χ0) is 16.1. The number of aromatic nitrogens is 1. The van der Waals surface area contributed by atoms with Crippen molar-refractivity contribution in [1.29, 1.82) is 0 Å². The van der Waals surface area contributed by atoms with Crippen molar-refractivity contribution in [3.8, 4) is 5.75 Å². The van der Waals surface area contributed by atoms with Crippen LogP contribution in [0.4, 0.5) is 0 Å². The average Bonchev–Trinajstić information content (AvgIpc) is 2.99. The van der Waals surface area contributed by atoms with Crippen LogP contribution in [0.15, 0.2) is 65.9 Å². The fourth-order valence-electron chi connectivity index (χ4n) is 2.28. The molecule has 1 heterocycles. The first-order chi connectivity index (χ1) is 11.3. The number of para-hydroxylation sites is 1. The molecule has 1 aromatic heterocycles. The molecule has 0 amide bonds. The van der Waals surface area contributed by atoms with Crippen molar-refractivity contribution in [2.75, 3.05) is 7.11 Å². The van der Waals surface area contributed by atoms with E-state index in [0.717, 1.165) is 22.2 Å². The number of carbonyl (C=O) groups is 1. The first-order valence-corrected chi connectivity index (χ1v) is 7.17. The van der Waals surface area contributed by atoms with Gasteiger partial charge in [0.2, 0.25) is 0 Å². The van der Waals surface area contributed by atoms with Crippen molar-refractivity contribution in [3.63, 3.8) is 0 Å². The minimum Gasteiger partial charge on any atom is -0.497 e. The highest BCUT2D eigenvalue weighted by Crippen LogP contribution is 2.15. The lowest BCUT2D eigenvalue weighted by Gasteiger charge is -2.02. The second-order valence-electron chi connectivity index (χ2n) is 4.97. The summed E-state index contributed by atoms with van der Waals surface area (Å²) < 4.78 is 6.91. The van der Waals surface area contributed by atoms with Gasteiger partial charge in [0.05, 0.1) is 13.3 Å². The monoisotopic (exact) mass is 308 g/mol. The van der Waals surface area contributed by atoms with Gasteiger partial charge in [-0.2, -0.15) is 0 Å². The van der Waals surface area contributed by atoms with Crippen LogP contribution in [-0.2, 0) is 16.2 Å². The molecule has 0 bridgehead atoms. The van der Waals surface area contributed by atoms with Crippen LogP contribution in [0.2, 0.25) is 0 Å². The molecule has 116 valence electrons. The Morgan fingerprint density at radius 1 is 1.13 bits per heavy atom. The molecule has 3 aromatic rings. The summed E-state index contributed by atoms with van der Waals surface area (Å²) in [4.78, 5) is 16.8. The van der Waals surface area contributed by atoms with E-state index in [1.807, 2.05) is 65.4 Å². The maximum Gasteiger partial charge on any atom is 0.354 e. The highest BCUT2D eigenvalue weighted by Gasteiger charge is 2.06. The fraction of sp³-hybridized carbons (Fsp3) is 0.111. The van der Waals surface area contributed by atoms with E-state index in [-0.39, 0.29) is 6.54 Å². The van der Waals surface area contributed by atoms with Gasteiger partial charge in [-0.1, -0.05) is 23.4 Å². The van der Waals surface area contributed by atoms with Crippen LogP contribution in [0, 0.1) is 0 Å². The summed E-state index contributed by atoms with van der Waals surface area (Å²) in [6.45, 7) is 0.119. The van der Waals surface area contributed by atoms with Crippen LogP contribution in [0.3, 0.4) is 0 Å². The summed E-state index contributed by atoms with van der Waals surface area (Å²) >= 11 is 0. The number of rotatable bonds is 5. The second kappa shape index (κ2) is 6.79. The predicted molar refractivity (Wildman–Crippen MR) is 88.6 cm³/mol. The van der Waals surface area contributed by atoms with Gasteiger partial charge in [-0.3, -0.25) is 0 Å². The van der Waals surface area contributed by atoms with E-state index in [1.165, 1.54) is 6.21 Å². The molecule has 0 unspecified atom stereocenters. The molecule has 0 radical (unpaired) electrons. The smallest absolute Gasteiger partial charge is 0.354 e. The number of methoxy groups -OCH3 is 1. The largest absolute Gasteiger partial charge is 0.497 e. The summed E-state index contributed by atoms with van der Waals surface area (Å²) in [5, 5.41) is 4.81. The van der Waals surface area contributed by atoms with E-state index >= 15 is 0 Å². The Morgan fingerprint density at radius 3 is 2.70 bits per heavy atom. The summed E-state index contributed by atoms with van der Waals surface area (Å²) in [7, 11) is 1.61. The van der Waals surface area contributed by atoms with Crippen LogP contribution >= 0.6 is 0 Å². The Balaban J connectivity index is 1.59. The molecule has 2 aromatic carbocycles. The van der Waals surface area contributed by atoms with Crippen LogP contribution in [-0.4, -0.2) is 23.9 Å². The quantitative estimate of drug-likeness (QED) is 0.413. The molecule has 23 heavy (non-hydrogen) atoms. The van der Waals surface area contributed by atoms with Crippen LogP contribution < -0.4 is 4.74 Å². The molecule has 0 fully saturated rings. The third-order valence-electron chi connectivity index (χ3n) is 3.45. The highest BCUT2D eigenvalue weighted by atomic mass is 16.7. The average molecular weight is 308 g/mol. The van der Waals surface area contributed by atoms with Gasteiger partial charge in [-0.05, 0) is 47.3 Å². The van der Waals surface area contributed by atoms with Crippen molar-refractivity contribution < 1.29 is 14.4 Å². The lowest BCUT2D eigenvalue weighted by molar-refractivity contribution is -0.144. The van der Waals surface area contributed by atoms with Crippen LogP contribution in [0.5, 0.6) is 5.75 Å². The summed E-state index contributed by atoms with van der Waals surface area (Å²) in [5.41, 5.74) is 1.81. The fourth-order valence-corrected chi connectivity index (χ4v) is 2.28. The SMILES string of the molecule is COc1ccc(C=NOC(=O)Cn2ccc3ccccc32)cc1. The van der Waals surface area contributed by atoms with E-state index in [9.17, 15) is 4.79 Å². The van der Waals surface area contributed by atoms with E-state index in [2.05, 4.69) is 5.16 Å². The van der Waals surface area contributed by atoms with Gasteiger partial charge in [0, 0.05) is 11.7 Å². The predicted octanol–water partition coefficient (Wildman–Crippen LogP) is 3.23. The zero-order valence-electron chi connectivity index (χ0n) is 12.7. The molecule has 3 rings (SSSR count). The Bertz CT molecular complexity index is 835. The highest BCUT2D eigenvalue weighted by molar-refractivity contribution is 5.82. The molecule has 0 aliphatic rings. The molecule has 5 nitrogen and oxygen atoms in total. The standard InChI is InChI=1S/C18H16N2O3/c1-22-16-8-6-14(7-9-16)12-19-23-18(21)13-20-11-10-15-4-2-3-5-17(15)20/h2-12H,13H2,1H3. The number of benzene rings is 2. The minimum atomic E-state index is -0.420. The number of carbonyl (C=O) groups excluding carboxylic acids is 1. The number of nitrogens with zero attached hydrogens (tertiary/aromatic N) is 2. The first-order valence-electron chi connectivity index (χ1n) is 7.17.